The van der Waals surface area contributed by atoms with Gasteiger partial charge in [0.2, 0.25) is 0 Å². The number of halogens is 1. The highest BCUT2D eigenvalue weighted by Crippen LogP contribution is 2.26. The van der Waals surface area contributed by atoms with Gasteiger partial charge >= 0.3 is 0 Å². The Morgan fingerprint density at radius 1 is 1.33 bits per heavy atom. The number of nitrogens with two attached hydrogens (primary N) is 1. The van der Waals surface area contributed by atoms with Crippen molar-refractivity contribution in [2.75, 3.05) is 6.61 Å². The Hall–Kier alpha value is -0.380. The van der Waals surface area contributed by atoms with E-state index in [0.29, 0.717) is 6.61 Å². The van der Waals surface area contributed by atoms with Gasteiger partial charge in [0.05, 0.1) is 6.10 Å². The molecule has 102 valence electrons. The normalized spacial score (nSPS) is 15.4. The molecule has 0 radical (unpaired) electrons. The van der Waals surface area contributed by atoms with Crippen molar-refractivity contribution >= 4 is 15.9 Å². The summed E-state index contributed by atoms with van der Waals surface area (Å²) in [5, 5.41) is 0. The van der Waals surface area contributed by atoms with Crippen molar-refractivity contribution in [1.29, 1.82) is 0 Å². The molecule has 0 heterocycles. The van der Waals surface area contributed by atoms with Gasteiger partial charge in [-0.1, -0.05) is 48.8 Å². The molecule has 0 amide bonds. The van der Waals surface area contributed by atoms with Crippen LogP contribution in [0.3, 0.4) is 0 Å². The van der Waals surface area contributed by atoms with Gasteiger partial charge in [-0.25, -0.2) is 0 Å². The average molecular weight is 314 g/mol. The molecule has 2 nitrogen and oxygen atoms in total. The van der Waals surface area contributed by atoms with E-state index in [2.05, 4.69) is 48.8 Å². The lowest BCUT2D eigenvalue weighted by molar-refractivity contribution is -0.0274. The Bertz CT molecular complexity index is 373. The van der Waals surface area contributed by atoms with Gasteiger partial charge in [-0.15, -0.1) is 0 Å². The van der Waals surface area contributed by atoms with E-state index in [1.54, 1.807) is 0 Å². The van der Waals surface area contributed by atoms with Gasteiger partial charge in [0.1, 0.15) is 0 Å². The van der Waals surface area contributed by atoms with Crippen LogP contribution in [0.5, 0.6) is 0 Å². The monoisotopic (exact) mass is 313 g/mol. The summed E-state index contributed by atoms with van der Waals surface area (Å²) >= 11 is 3.49. The van der Waals surface area contributed by atoms with Crippen molar-refractivity contribution < 1.29 is 4.74 Å². The average Bonchev–Trinajstić information content (AvgIpc) is 2.24. The molecule has 0 spiro atoms. The molecule has 0 aliphatic rings. The van der Waals surface area contributed by atoms with Crippen LogP contribution >= 0.6 is 15.9 Å². The van der Waals surface area contributed by atoms with Crippen molar-refractivity contribution in [2.24, 2.45) is 11.1 Å². The van der Waals surface area contributed by atoms with E-state index >= 15 is 0 Å². The molecule has 2 N–H and O–H groups in total. The standard InChI is InChI=1S/C15H24BrNO/c1-5-18-14(15(2,3)4)13(17)10-11-7-6-8-12(16)9-11/h6-9,13-14H,5,10,17H2,1-4H3. The van der Waals surface area contributed by atoms with Crippen LogP contribution in [-0.4, -0.2) is 18.8 Å². The van der Waals surface area contributed by atoms with Gasteiger partial charge < -0.3 is 10.5 Å². The highest BCUT2D eigenvalue weighted by Gasteiger charge is 2.30. The maximum atomic E-state index is 6.33. The van der Waals surface area contributed by atoms with Crippen LogP contribution in [0.1, 0.15) is 33.3 Å². The molecule has 18 heavy (non-hydrogen) atoms. The van der Waals surface area contributed by atoms with Crippen molar-refractivity contribution in [3.8, 4) is 0 Å². The second-order valence-electron chi connectivity index (χ2n) is 5.74. The summed E-state index contributed by atoms with van der Waals surface area (Å²) in [6.45, 7) is 9.25. The van der Waals surface area contributed by atoms with Crippen LogP contribution in [0.2, 0.25) is 0 Å². The Morgan fingerprint density at radius 3 is 2.50 bits per heavy atom. The van der Waals surface area contributed by atoms with Crippen LogP contribution in [0.25, 0.3) is 0 Å². The van der Waals surface area contributed by atoms with Crippen molar-refractivity contribution in [3.63, 3.8) is 0 Å². The zero-order valence-electron chi connectivity index (χ0n) is 11.7. The molecule has 0 saturated heterocycles. The predicted octanol–water partition coefficient (Wildman–Crippen LogP) is 3.77. The summed E-state index contributed by atoms with van der Waals surface area (Å²) in [6, 6.07) is 8.30. The van der Waals surface area contributed by atoms with E-state index in [0.717, 1.165) is 10.9 Å². The third kappa shape index (κ3) is 4.71. The van der Waals surface area contributed by atoms with E-state index < -0.39 is 0 Å². The van der Waals surface area contributed by atoms with Crippen molar-refractivity contribution in [2.45, 2.75) is 46.3 Å². The molecule has 0 fully saturated rings. The molecule has 2 unspecified atom stereocenters. The lowest BCUT2D eigenvalue weighted by Crippen LogP contribution is -2.46. The van der Waals surface area contributed by atoms with Gasteiger partial charge in [-0.3, -0.25) is 0 Å². The first-order chi connectivity index (χ1) is 8.34. The minimum Gasteiger partial charge on any atom is -0.376 e. The fourth-order valence-corrected chi connectivity index (χ4v) is 2.69. The Kier molecular flexibility index (Phi) is 5.83. The van der Waals surface area contributed by atoms with Gasteiger partial charge in [-0.05, 0) is 36.5 Å². The summed E-state index contributed by atoms with van der Waals surface area (Å²) in [5.74, 6) is 0. The van der Waals surface area contributed by atoms with Crippen LogP contribution < -0.4 is 5.73 Å². The molecule has 1 aromatic carbocycles. The third-order valence-corrected chi connectivity index (χ3v) is 3.44. The summed E-state index contributed by atoms with van der Waals surface area (Å²) in [7, 11) is 0. The fraction of sp³-hybridized carbons (Fsp3) is 0.600. The SMILES string of the molecule is CCOC(C(N)Cc1cccc(Br)c1)C(C)(C)C. The molecular weight excluding hydrogens is 290 g/mol. The second kappa shape index (κ2) is 6.69. The predicted molar refractivity (Wildman–Crippen MR) is 80.7 cm³/mol. The summed E-state index contributed by atoms with van der Waals surface area (Å²) in [4.78, 5) is 0. The molecular formula is C15H24BrNO. The molecule has 0 bridgehead atoms. The number of rotatable bonds is 5. The largest absolute Gasteiger partial charge is 0.376 e. The van der Waals surface area contributed by atoms with E-state index in [-0.39, 0.29) is 17.6 Å². The smallest absolute Gasteiger partial charge is 0.0777 e. The summed E-state index contributed by atoms with van der Waals surface area (Å²) in [5.41, 5.74) is 7.63. The molecule has 0 aliphatic heterocycles. The maximum Gasteiger partial charge on any atom is 0.0777 e. The molecule has 0 saturated carbocycles. The first-order valence-corrected chi connectivity index (χ1v) is 7.25. The maximum absolute atomic E-state index is 6.33. The number of ether oxygens (including phenoxy) is 1. The molecule has 0 aromatic heterocycles. The molecule has 2 atom stereocenters. The number of hydrogen-bond acceptors (Lipinski definition) is 2. The van der Waals surface area contributed by atoms with Crippen LogP contribution in [-0.2, 0) is 11.2 Å². The number of hydrogen-bond donors (Lipinski definition) is 1. The van der Waals surface area contributed by atoms with E-state index in [4.69, 9.17) is 10.5 Å². The minimum absolute atomic E-state index is 0.0132. The van der Waals surface area contributed by atoms with Crippen molar-refractivity contribution in [1.82, 2.24) is 0 Å². The second-order valence-corrected chi connectivity index (χ2v) is 6.66. The Balaban J connectivity index is 2.75. The quantitative estimate of drug-likeness (QED) is 0.898. The minimum atomic E-state index is 0.0132. The summed E-state index contributed by atoms with van der Waals surface area (Å²) in [6.07, 6.45) is 0.906. The lowest BCUT2D eigenvalue weighted by Gasteiger charge is -2.35. The van der Waals surface area contributed by atoms with Gasteiger partial charge in [0, 0.05) is 17.1 Å². The van der Waals surface area contributed by atoms with Crippen LogP contribution in [0, 0.1) is 5.41 Å². The van der Waals surface area contributed by atoms with Crippen LogP contribution in [0.4, 0.5) is 0 Å². The third-order valence-electron chi connectivity index (χ3n) is 2.95. The molecule has 0 aliphatic carbocycles. The van der Waals surface area contributed by atoms with Gasteiger partial charge in [-0.2, -0.15) is 0 Å². The first-order valence-electron chi connectivity index (χ1n) is 6.46. The van der Waals surface area contributed by atoms with E-state index in [1.807, 2.05) is 19.1 Å². The molecule has 1 aromatic rings. The van der Waals surface area contributed by atoms with E-state index in [1.165, 1.54) is 5.56 Å². The van der Waals surface area contributed by atoms with Gasteiger partial charge in [0.25, 0.3) is 0 Å². The Morgan fingerprint density at radius 2 is 2.00 bits per heavy atom. The number of benzene rings is 1. The van der Waals surface area contributed by atoms with E-state index in [9.17, 15) is 0 Å². The lowest BCUT2D eigenvalue weighted by atomic mass is 9.83. The molecule has 3 heteroatoms. The molecule has 1 rings (SSSR count). The highest BCUT2D eigenvalue weighted by molar-refractivity contribution is 9.10. The highest BCUT2D eigenvalue weighted by atomic mass is 79.9. The topological polar surface area (TPSA) is 35.2 Å². The van der Waals surface area contributed by atoms with Gasteiger partial charge in [0.15, 0.2) is 0 Å². The first kappa shape index (κ1) is 15.7. The zero-order valence-corrected chi connectivity index (χ0v) is 13.3. The van der Waals surface area contributed by atoms with Crippen LogP contribution in [0.15, 0.2) is 28.7 Å². The fourth-order valence-electron chi connectivity index (χ4n) is 2.24. The van der Waals surface area contributed by atoms with Crippen molar-refractivity contribution in [3.05, 3.63) is 34.3 Å². The Labute approximate surface area is 119 Å². The zero-order chi connectivity index (χ0) is 13.8. The summed E-state index contributed by atoms with van der Waals surface area (Å²) < 4.78 is 6.93.